The molecule has 3 nitrogen and oxygen atoms in total. The van der Waals surface area contributed by atoms with Gasteiger partial charge in [0.25, 0.3) is 0 Å². The lowest BCUT2D eigenvalue weighted by molar-refractivity contribution is 0.275. The summed E-state index contributed by atoms with van der Waals surface area (Å²) in [6.45, 7) is 1.93. The minimum atomic E-state index is -0.163. The number of terminal acetylenes is 1. The molecule has 0 aliphatic rings. The Morgan fingerprint density at radius 2 is 2.64 bits per heavy atom. The van der Waals surface area contributed by atoms with Gasteiger partial charge in [-0.3, -0.25) is 0 Å². The average molecular weight is 151 g/mol. The summed E-state index contributed by atoms with van der Waals surface area (Å²) in [6, 6.07) is 1.47. The number of hydrogen-bond donors (Lipinski definition) is 1. The lowest BCUT2D eigenvalue weighted by Crippen LogP contribution is -1.90. The second-order valence-corrected chi connectivity index (χ2v) is 2.40. The summed E-state index contributed by atoms with van der Waals surface area (Å²) in [6.07, 6.45) is 5.71. The predicted octanol–water partition coefficient (Wildman–Crippen LogP) is 1.51. The van der Waals surface area contributed by atoms with E-state index in [1.54, 1.807) is 0 Å². The first-order valence-electron chi connectivity index (χ1n) is 3.33. The molecule has 0 aromatic carbocycles. The van der Waals surface area contributed by atoms with Gasteiger partial charge in [-0.2, -0.15) is 0 Å². The third-order valence-corrected chi connectivity index (χ3v) is 1.44. The van der Waals surface area contributed by atoms with Gasteiger partial charge in [0, 0.05) is 18.4 Å². The maximum Gasteiger partial charge on any atom is 0.308 e. The molecule has 1 heterocycles. The minimum absolute atomic E-state index is 0.143. The van der Waals surface area contributed by atoms with Gasteiger partial charge in [-0.1, -0.05) is 12.1 Å². The normalized spacial score (nSPS) is 12.4. The molecule has 0 aliphatic heterocycles. The van der Waals surface area contributed by atoms with Crippen LogP contribution in [-0.2, 0) is 0 Å². The zero-order chi connectivity index (χ0) is 8.27. The van der Waals surface area contributed by atoms with Gasteiger partial charge >= 0.3 is 5.95 Å². The van der Waals surface area contributed by atoms with Crippen LogP contribution < -0.4 is 0 Å². The van der Waals surface area contributed by atoms with Crippen LogP contribution in [0.1, 0.15) is 25.0 Å². The molecule has 1 atom stereocenters. The Labute approximate surface area is 65.0 Å². The van der Waals surface area contributed by atoms with Crippen molar-refractivity contribution in [3.05, 3.63) is 11.8 Å². The van der Waals surface area contributed by atoms with Crippen LogP contribution in [0, 0.1) is 12.3 Å². The Bertz CT molecular complexity index is 272. The van der Waals surface area contributed by atoms with Gasteiger partial charge in [0.1, 0.15) is 0 Å². The molecule has 1 aromatic rings. The number of rotatable bonds is 2. The summed E-state index contributed by atoms with van der Waals surface area (Å²) >= 11 is 0. The Kier molecular flexibility index (Phi) is 2.17. The molecule has 0 amide bonds. The summed E-state index contributed by atoms with van der Waals surface area (Å²) in [5.74, 6) is 2.49. The van der Waals surface area contributed by atoms with Crippen molar-refractivity contribution in [3.63, 3.8) is 0 Å². The molecule has 0 radical (unpaired) electrons. The quantitative estimate of drug-likeness (QED) is 0.651. The molecule has 0 unspecified atom stereocenters. The summed E-state index contributed by atoms with van der Waals surface area (Å²) < 4.78 is 4.47. The van der Waals surface area contributed by atoms with E-state index in [4.69, 9.17) is 11.5 Å². The zero-order valence-corrected chi connectivity index (χ0v) is 6.24. The first-order chi connectivity index (χ1) is 5.24. The summed E-state index contributed by atoms with van der Waals surface area (Å²) in [7, 11) is 0. The van der Waals surface area contributed by atoms with Crippen molar-refractivity contribution in [2.45, 2.75) is 19.3 Å². The molecular formula is C8H9NO2. The van der Waals surface area contributed by atoms with Crippen molar-refractivity contribution >= 4 is 0 Å². The zero-order valence-electron chi connectivity index (χ0n) is 6.24. The van der Waals surface area contributed by atoms with Crippen molar-refractivity contribution in [2.24, 2.45) is 0 Å². The average Bonchev–Trinajstić information content (AvgIpc) is 2.36. The van der Waals surface area contributed by atoms with Crippen molar-refractivity contribution < 1.29 is 9.63 Å². The third-order valence-electron chi connectivity index (χ3n) is 1.44. The lowest BCUT2D eigenvalue weighted by Gasteiger charge is -1.98. The van der Waals surface area contributed by atoms with E-state index in [1.807, 2.05) is 6.92 Å². The van der Waals surface area contributed by atoms with E-state index in [1.165, 1.54) is 6.07 Å². The predicted molar refractivity (Wildman–Crippen MR) is 40.0 cm³/mol. The fourth-order valence-electron chi connectivity index (χ4n) is 0.792. The van der Waals surface area contributed by atoms with Crippen molar-refractivity contribution in [3.8, 4) is 18.3 Å². The molecular weight excluding hydrogens is 142 g/mol. The summed E-state index contributed by atoms with van der Waals surface area (Å²) in [4.78, 5) is 0. The van der Waals surface area contributed by atoms with E-state index in [2.05, 4.69) is 15.6 Å². The first-order valence-corrected chi connectivity index (χ1v) is 3.33. The van der Waals surface area contributed by atoms with Gasteiger partial charge in [-0.05, 0) is 0 Å². The molecule has 11 heavy (non-hydrogen) atoms. The largest absolute Gasteiger partial charge is 0.479 e. The van der Waals surface area contributed by atoms with E-state index < -0.39 is 0 Å². The second kappa shape index (κ2) is 3.11. The fraction of sp³-hybridized carbons (Fsp3) is 0.375. The van der Waals surface area contributed by atoms with Crippen LogP contribution in [-0.4, -0.2) is 10.3 Å². The highest BCUT2D eigenvalue weighted by molar-refractivity contribution is 5.14. The topological polar surface area (TPSA) is 46.3 Å². The third kappa shape index (κ3) is 1.74. The van der Waals surface area contributed by atoms with Gasteiger partial charge in [-0.15, -0.1) is 12.3 Å². The van der Waals surface area contributed by atoms with Crippen LogP contribution in [0.3, 0.4) is 0 Å². The SMILES string of the molecule is C#CC[C@@H](C)c1cc(O)on1. The molecule has 0 saturated heterocycles. The smallest absolute Gasteiger partial charge is 0.308 e. The highest BCUT2D eigenvalue weighted by atomic mass is 16.5. The van der Waals surface area contributed by atoms with E-state index in [0.29, 0.717) is 12.1 Å². The molecule has 0 fully saturated rings. The van der Waals surface area contributed by atoms with E-state index in [9.17, 15) is 0 Å². The van der Waals surface area contributed by atoms with Gasteiger partial charge in [-0.25, -0.2) is 0 Å². The molecule has 1 rings (SSSR count). The lowest BCUT2D eigenvalue weighted by atomic mass is 10.1. The second-order valence-electron chi connectivity index (χ2n) is 2.40. The van der Waals surface area contributed by atoms with Crippen molar-refractivity contribution in [1.82, 2.24) is 5.16 Å². The van der Waals surface area contributed by atoms with Crippen LogP contribution in [0.5, 0.6) is 5.95 Å². The van der Waals surface area contributed by atoms with E-state index >= 15 is 0 Å². The van der Waals surface area contributed by atoms with E-state index in [0.717, 1.165) is 0 Å². The Morgan fingerprint density at radius 1 is 1.91 bits per heavy atom. The van der Waals surface area contributed by atoms with Crippen LogP contribution in [0.4, 0.5) is 0 Å². The molecule has 0 spiro atoms. The van der Waals surface area contributed by atoms with Crippen LogP contribution in [0.15, 0.2) is 10.6 Å². The molecule has 0 bridgehead atoms. The standard InChI is InChI=1S/C8H9NO2/c1-3-4-6(2)7-5-8(10)11-9-7/h1,5-6,10H,4H2,2H3/t6-/m1/s1. The summed E-state index contributed by atoms with van der Waals surface area (Å²) in [5, 5.41) is 12.4. The molecule has 0 aliphatic carbocycles. The number of nitrogens with zero attached hydrogens (tertiary/aromatic N) is 1. The highest BCUT2D eigenvalue weighted by Gasteiger charge is 2.09. The van der Waals surface area contributed by atoms with Gasteiger partial charge in [0.05, 0.1) is 5.69 Å². The maximum atomic E-state index is 8.79. The van der Waals surface area contributed by atoms with Crippen LogP contribution in [0.25, 0.3) is 0 Å². The summed E-state index contributed by atoms with van der Waals surface area (Å²) in [5.41, 5.74) is 0.695. The Morgan fingerprint density at radius 3 is 3.09 bits per heavy atom. The molecule has 1 N–H and O–H groups in total. The Hall–Kier alpha value is -1.43. The molecule has 0 saturated carbocycles. The van der Waals surface area contributed by atoms with Gasteiger partial charge in [0.15, 0.2) is 0 Å². The monoisotopic (exact) mass is 151 g/mol. The van der Waals surface area contributed by atoms with Crippen LogP contribution in [0.2, 0.25) is 0 Å². The van der Waals surface area contributed by atoms with Gasteiger partial charge in [0.2, 0.25) is 0 Å². The first kappa shape index (κ1) is 7.67. The number of aromatic hydroxyl groups is 1. The molecule has 58 valence electrons. The fourth-order valence-corrected chi connectivity index (χ4v) is 0.792. The van der Waals surface area contributed by atoms with Gasteiger partial charge < -0.3 is 9.63 Å². The minimum Gasteiger partial charge on any atom is -0.479 e. The van der Waals surface area contributed by atoms with E-state index in [-0.39, 0.29) is 11.9 Å². The molecule has 1 aromatic heterocycles. The maximum absolute atomic E-state index is 8.79. The Balaban J connectivity index is 2.70. The molecule has 3 heteroatoms. The van der Waals surface area contributed by atoms with Crippen molar-refractivity contribution in [1.29, 1.82) is 0 Å². The number of hydrogen-bond acceptors (Lipinski definition) is 3. The highest BCUT2D eigenvalue weighted by Crippen LogP contribution is 2.20. The van der Waals surface area contributed by atoms with Crippen LogP contribution >= 0.6 is 0 Å². The number of aromatic nitrogens is 1. The van der Waals surface area contributed by atoms with Crippen molar-refractivity contribution in [2.75, 3.05) is 0 Å².